The largest absolute Gasteiger partial charge is 0.477 e. The standard InChI is InChI=1S/C9H8N4O4S2/c1-5-7(4-6(18-5)8(14)15)19(16,17)13-9-10-2-3-11-12-9/h2-4H,1H3,(H,14,15)(H,10,12,13). The molecule has 0 saturated heterocycles. The minimum atomic E-state index is -3.92. The fraction of sp³-hybridized carbons (Fsp3) is 0.111. The number of nitrogens with zero attached hydrogens (tertiary/aromatic N) is 3. The Hall–Kier alpha value is -2.07. The number of carbonyl (C=O) groups is 1. The first-order chi connectivity index (χ1) is 8.90. The van der Waals surface area contributed by atoms with E-state index in [9.17, 15) is 13.2 Å². The quantitative estimate of drug-likeness (QED) is 0.853. The summed E-state index contributed by atoms with van der Waals surface area (Å²) in [4.78, 5) is 14.7. The number of carboxylic acids is 1. The maximum atomic E-state index is 12.1. The van der Waals surface area contributed by atoms with E-state index >= 15 is 0 Å². The molecular formula is C9H8N4O4S2. The van der Waals surface area contributed by atoms with Gasteiger partial charge in [0.1, 0.15) is 9.77 Å². The van der Waals surface area contributed by atoms with Crippen molar-refractivity contribution in [2.24, 2.45) is 0 Å². The molecule has 0 aliphatic rings. The minimum Gasteiger partial charge on any atom is -0.477 e. The van der Waals surface area contributed by atoms with Crippen LogP contribution < -0.4 is 4.72 Å². The van der Waals surface area contributed by atoms with Gasteiger partial charge < -0.3 is 5.11 Å². The number of nitrogens with one attached hydrogen (secondary N) is 1. The first-order valence-corrected chi connectivity index (χ1v) is 7.20. The number of anilines is 1. The van der Waals surface area contributed by atoms with E-state index in [0.29, 0.717) is 4.88 Å². The molecule has 10 heteroatoms. The maximum Gasteiger partial charge on any atom is 0.345 e. The number of sulfonamides is 1. The number of carboxylic acid groups (broad SMARTS) is 1. The summed E-state index contributed by atoms with van der Waals surface area (Å²) in [5, 5.41) is 15.8. The molecule has 2 aromatic rings. The van der Waals surface area contributed by atoms with Gasteiger partial charge in [0.25, 0.3) is 16.0 Å². The Morgan fingerprint density at radius 3 is 2.68 bits per heavy atom. The normalized spacial score (nSPS) is 11.2. The Bertz CT molecular complexity index is 711. The molecule has 0 aliphatic heterocycles. The van der Waals surface area contributed by atoms with Crippen LogP contribution >= 0.6 is 11.3 Å². The summed E-state index contributed by atoms with van der Waals surface area (Å²) in [6.45, 7) is 1.52. The van der Waals surface area contributed by atoms with Crippen LogP contribution in [0.15, 0.2) is 23.4 Å². The van der Waals surface area contributed by atoms with Crippen molar-refractivity contribution >= 4 is 33.3 Å². The average Bonchev–Trinajstić information content (AvgIpc) is 2.73. The van der Waals surface area contributed by atoms with Gasteiger partial charge in [-0.3, -0.25) is 0 Å². The molecule has 2 N–H and O–H groups in total. The molecule has 19 heavy (non-hydrogen) atoms. The molecule has 0 fully saturated rings. The highest BCUT2D eigenvalue weighted by Gasteiger charge is 2.23. The van der Waals surface area contributed by atoms with Crippen molar-refractivity contribution in [3.8, 4) is 0 Å². The molecule has 0 radical (unpaired) electrons. The fourth-order valence-corrected chi connectivity index (χ4v) is 3.68. The number of aryl methyl sites for hydroxylation is 1. The van der Waals surface area contributed by atoms with Crippen molar-refractivity contribution < 1.29 is 18.3 Å². The molecule has 0 unspecified atom stereocenters. The van der Waals surface area contributed by atoms with Gasteiger partial charge in [0, 0.05) is 4.88 Å². The number of hydrogen-bond acceptors (Lipinski definition) is 7. The minimum absolute atomic E-state index is 0.0509. The highest BCUT2D eigenvalue weighted by Crippen LogP contribution is 2.26. The van der Waals surface area contributed by atoms with Crippen LogP contribution in [-0.2, 0) is 10.0 Å². The molecule has 2 aromatic heterocycles. The molecule has 2 rings (SSSR count). The van der Waals surface area contributed by atoms with E-state index in [1.807, 2.05) is 0 Å². The average molecular weight is 300 g/mol. The zero-order valence-electron chi connectivity index (χ0n) is 9.56. The van der Waals surface area contributed by atoms with Crippen molar-refractivity contribution in [1.82, 2.24) is 15.2 Å². The summed E-state index contributed by atoms with van der Waals surface area (Å²) in [5.41, 5.74) is 0. The number of aromatic nitrogens is 3. The molecule has 2 heterocycles. The van der Waals surface area contributed by atoms with E-state index in [-0.39, 0.29) is 15.7 Å². The lowest BCUT2D eigenvalue weighted by atomic mass is 10.4. The lowest BCUT2D eigenvalue weighted by molar-refractivity contribution is 0.0702. The van der Waals surface area contributed by atoms with Crippen LogP contribution in [0.5, 0.6) is 0 Å². The van der Waals surface area contributed by atoms with Crippen LogP contribution in [0, 0.1) is 6.92 Å². The highest BCUT2D eigenvalue weighted by molar-refractivity contribution is 7.92. The van der Waals surface area contributed by atoms with E-state index < -0.39 is 16.0 Å². The predicted molar refractivity (Wildman–Crippen MR) is 66.7 cm³/mol. The van der Waals surface area contributed by atoms with Gasteiger partial charge in [0.15, 0.2) is 0 Å². The summed E-state index contributed by atoms with van der Waals surface area (Å²) < 4.78 is 26.2. The van der Waals surface area contributed by atoms with Gasteiger partial charge in [-0.1, -0.05) is 0 Å². The van der Waals surface area contributed by atoms with Crippen LogP contribution in [0.4, 0.5) is 5.95 Å². The van der Waals surface area contributed by atoms with Gasteiger partial charge in [0.05, 0.1) is 12.4 Å². The molecule has 0 aliphatic carbocycles. The van der Waals surface area contributed by atoms with E-state index in [2.05, 4.69) is 19.9 Å². The van der Waals surface area contributed by atoms with Gasteiger partial charge >= 0.3 is 5.97 Å². The maximum absolute atomic E-state index is 12.1. The SMILES string of the molecule is Cc1sc(C(=O)O)cc1S(=O)(=O)Nc1nccnn1. The van der Waals surface area contributed by atoms with E-state index in [1.54, 1.807) is 0 Å². The Morgan fingerprint density at radius 2 is 2.16 bits per heavy atom. The molecule has 0 aromatic carbocycles. The lowest BCUT2D eigenvalue weighted by Crippen LogP contribution is -2.15. The van der Waals surface area contributed by atoms with Crippen LogP contribution in [0.1, 0.15) is 14.5 Å². The summed E-state index contributed by atoms with van der Waals surface area (Å²) in [5.74, 6) is -1.35. The van der Waals surface area contributed by atoms with Crippen LogP contribution in [0.3, 0.4) is 0 Å². The molecule has 0 amide bonds. The van der Waals surface area contributed by atoms with E-state index in [0.717, 1.165) is 17.4 Å². The second-order valence-electron chi connectivity index (χ2n) is 3.41. The molecule has 100 valence electrons. The highest BCUT2D eigenvalue weighted by atomic mass is 32.2. The fourth-order valence-electron chi connectivity index (χ4n) is 1.31. The van der Waals surface area contributed by atoms with Crippen molar-refractivity contribution in [2.45, 2.75) is 11.8 Å². The Balaban J connectivity index is 2.37. The van der Waals surface area contributed by atoms with Crippen molar-refractivity contribution in [3.05, 3.63) is 28.2 Å². The van der Waals surface area contributed by atoms with E-state index in [1.165, 1.54) is 19.3 Å². The molecule has 0 atom stereocenters. The summed E-state index contributed by atoms with van der Waals surface area (Å²) in [7, 11) is -3.92. The van der Waals surface area contributed by atoms with Crippen molar-refractivity contribution in [2.75, 3.05) is 4.72 Å². The summed E-state index contributed by atoms with van der Waals surface area (Å²) >= 11 is 0.885. The van der Waals surface area contributed by atoms with Gasteiger partial charge in [-0.05, 0) is 13.0 Å². The van der Waals surface area contributed by atoms with Crippen LogP contribution in [0.25, 0.3) is 0 Å². The Labute approximate surface area is 112 Å². The number of rotatable bonds is 4. The first kappa shape index (κ1) is 13.4. The molecule has 0 bridgehead atoms. The van der Waals surface area contributed by atoms with Gasteiger partial charge in [-0.15, -0.1) is 16.4 Å². The molecule has 8 nitrogen and oxygen atoms in total. The Morgan fingerprint density at radius 1 is 1.42 bits per heavy atom. The predicted octanol–water partition coefficient (Wildman–Crippen LogP) is 0.741. The van der Waals surface area contributed by atoms with Crippen LogP contribution in [0.2, 0.25) is 0 Å². The topological polar surface area (TPSA) is 122 Å². The summed E-state index contributed by atoms with van der Waals surface area (Å²) in [6.07, 6.45) is 2.59. The number of aromatic carboxylic acids is 1. The van der Waals surface area contributed by atoms with E-state index in [4.69, 9.17) is 5.11 Å². The van der Waals surface area contributed by atoms with Crippen molar-refractivity contribution in [3.63, 3.8) is 0 Å². The monoisotopic (exact) mass is 300 g/mol. The second-order valence-corrected chi connectivity index (χ2v) is 6.32. The molecular weight excluding hydrogens is 292 g/mol. The van der Waals surface area contributed by atoms with Gasteiger partial charge in [-0.2, -0.15) is 5.10 Å². The lowest BCUT2D eigenvalue weighted by Gasteiger charge is -2.04. The second kappa shape index (κ2) is 4.90. The first-order valence-electron chi connectivity index (χ1n) is 4.90. The third kappa shape index (κ3) is 2.85. The number of hydrogen-bond donors (Lipinski definition) is 2. The third-order valence-corrected chi connectivity index (χ3v) is 4.70. The van der Waals surface area contributed by atoms with Gasteiger partial charge in [-0.25, -0.2) is 22.9 Å². The zero-order chi connectivity index (χ0) is 14.0. The van der Waals surface area contributed by atoms with Crippen molar-refractivity contribution in [1.29, 1.82) is 0 Å². The third-order valence-electron chi connectivity index (χ3n) is 2.08. The van der Waals surface area contributed by atoms with Crippen LogP contribution in [-0.4, -0.2) is 34.7 Å². The summed E-state index contributed by atoms with van der Waals surface area (Å²) in [6, 6.07) is 1.10. The number of thiophene rings is 1. The smallest absolute Gasteiger partial charge is 0.345 e. The molecule has 0 spiro atoms. The van der Waals surface area contributed by atoms with Gasteiger partial charge in [0.2, 0.25) is 0 Å². The zero-order valence-corrected chi connectivity index (χ0v) is 11.2. The Kier molecular flexibility index (Phi) is 3.44. The molecule has 0 saturated carbocycles.